The zero-order valence-electron chi connectivity index (χ0n) is 10.0. The molecule has 1 rings (SSSR count). The molecular weight excluding hydrogens is 188 g/mol. The van der Waals surface area contributed by atoms with E-state index >= 15 is 0 Å². The third kappa shape index (κ3) is 3.24. The lowest BCUT2D eigenvalue weighted by Crippen LogP contribution is -2.07. The Morgan fingerprint density at radius 2 is 1.93 bits per heavy atom. The lowest BCUT2D eigenvalue weighted by Gasteiger charge is -2.15. The van der Waals surface area contributed by atoms with Crippen LogP contribution in [0.3, 0.4) is 0 Å². The Morgan fingerprint density at radius 3 is 2.47 bits per heavy atom. The summed E-state index contributed by atoms with van der Waals surface area (Å²) in [5.74, 6) is 1.34. The molecule has 0 amide bonds. The molecule has 0 aromatic heterocycles. The van der Waals surface area contributed by atoms with Gasteiger partial charge in [0.2, 0.25) is 0 Å². The van der Waals surface area contributed by atoms with Crippen LogP contribution >= 0.6 is 0 Å². The van der Waals surface area contributed by atoms with E-state index in [4.69, 9.17) is 4.74 Å². The molecule has 0 spiro atoms. The highest BCUT2D eigenvalue weighted by molar-refractivity contribution is 5.43. The maximum Gasteiger partial charge on any atom is 0.127 e. The van der Waals surface area contributed by atoms with Crippen LogP contribution in [0.5, 0.6) is 5.75 Å². The number of hydrogen-bond donors (Lipinski definition) is 1. The van der Waals surface area contributed by atoms with Crippen molar-refractivity contribution in [1.82, 2.24) is 0 Å². The van der Waals surface area contributed by atoms with Gasteiger partial charge in [0.25, 0.3) is 0 Å². The van der Waals surface area contributed by atoms with Gasteiger partial charge in [-0.25, -0.2) is 0 Å². The third-order valence-electron chi connectivity index (χ3n) is 2.23. The molecule has 0 saturated carbocycles. The summed E-state index contributed by atoms with van der Waals surface area (Å²) in [7, 11) is 0. The predicted molar refractivity (Wildman–Crippen MR) is 62.2 cm³/mol. The van der Waals surface area contributed by atoms with Gasteiger partial charge in [0.1, 0.15) is 5.75 Å². The zero-order chi connectivity index (χ0) is 11.4. The van der Waals surface area contributed by atoms with Crippen LogP contribution in [-0.2, 0) is 6.61 Å². The first kappa shape index (κ1) is 12.1. The average Bonchev–Trinajstić information content (AvgIpc) is 2.14. The third-order valence-corrected chi connectivity index (χ3v) is 2.23. The average molecular weight is 208 g/mol. The maximum atomic E-state index is 9.25. The Hall–Kier alpha value is -1.02. The SMILES string of the molecule is Cc1cc(C)c(OCC(C)C)c(CO)c1. The van der Waals surface area contributed by atoms with Crippen molar-refractivity contribution in [3.05, 3.63) is 28.8 Å². The van der Waals surface area contributed by atoms with Gasteiger partial charge < -0.3 is 9.84 Å². The molecule has 0 saturated heterocycles. The summed E-state index contributed by atoms with van der Waals surface area (Å²) in [6.45, 7) is 9.00. The Morgan fingerprint density at radius 1 is 1.27 bits per heavy atom. The van der Waals surface area contributed by atoms with Gasteiger partial charge in [-0.15, -0.1) is 0 Å². The molecule has 15 heavy (non-hydrogen) atoms. The van der Waals surface area contributed by atoms with E-state index in [0.29, 0.717) is 12.5 Å². The number of hydrogen-bond acceptors (Lipinski definition) is 2. The number of rotatable bonds is 4. The molecule has 1 aromatic rings. The van der Waals surface area contributed by atoms with Gasteiger partial charge in [-0.1, -0.05) is 31.5 Å². The minimum absolute atomic E-state index is 0.0376. The van der Waals surface area contributed by atoms with Crippen LogP contribution < -0.4 is 4.74 Å². The van der Waals surface area contributed by atoms with Crippen molar-refractivity contribution >= 4 is 0 Å². The predicted octanol–water partition coefficient (Wildman–Crippen LogP) is 2.83. The molecule has 0 heterocycles. The summed E-state index contributed by atoms with van der Waals surface area (Å²) in [6, 6.07) is 4.05. The standard InChI is InChI=1S/C13H20O2/c1-9(2)8-15-13-11(4)5-10(3)6-12(13)7-14/h5-6,9,14H,7-8H2,1-4H3. The molecule has 0 radical (unpaired) electrons. The van der Waals surface area contributed by atoms with Gasteiger partial charge in [0.15, 0.2) is 0 Å². The Bertz CT molecular complexity index is 330. The minimum atomic E-state index is 0.0376. The number of aliphatic hydroxyl groups excluding tert-OH is 1. The summed E-state index contributed by atoms with van der Waals surface area (Å²) < 4.78 is 5.72. The normalized spacial score (nSPS) is 10.8. The molecule has 2 nitrogen and oxygen atoms in total. The fourth-order valence-corrected chi connectivity index (χ4v) is 1.62. The van der Waals surface area contributed by atoms with Gasteiger partial charge in [0.05, 0.1) is 13.2 Å². The van der Waals surface area contributed by atoms with Crippen LogP contribution in [0.15, 0.2) is 12.1 Å². The molecular formula is C13H20O2. The van der Waals surface area contributed by atoms with Crippen molar-refractivity contribution in [2.75, 3.05) is 6.61 Å². The molecule has 0 aliphatic carbocycles. The highest BCUT2D eigenvalue weighted by Crippen LogP contribution is 2.25. The van der Waals surface area contributed by atoms with E-state index in [-0.39, 0.29) is 6.61 Å². The van der Waals surface area contributed by atoms with Gasteiger partial charge in [-0.2, -0.15) is 0 Å². The molecule has 0 aliphatic heterocycles. The first-order valence-corrected chi connectivity index (χ1v) is 5.38. The summed E-state index contributed by atoms with van der Waals surface area (Å²) >= 11 is 0. The van der Waals surface area contributed by atoms with Crippen molar-refractivity contribution in [3.63, 3.8) is 0 Å². The van der Waals surface area contributed by atoms with E-state index < -0.39 is 0 Å². The van der Waals surface area contributed by atoms with Gasteiger partial charge in [-0.3, -0.25) is 0 Å². The number of benzene rings is 1. The minimum Gasteiger partial charge on any atom is -0.493 e. The fraction of sp³-hybridized carbons (Fsp3) is 0.538. The lowest BCUT2D eigenvalue weighted by molar-refractivity contribution is 0.244. The molecule has 0 bridgehead atoms. The lowest BCUT2D eigenvalue weighted by atomic mass is 10.1. The number of aliphatic hydroxyl groups is 1. The van der Waals surface area contributed by atoms with Crippen molar-refractivity contribution in [3.8, 4) is 5.75 Å². The highest BCUT2D eigenvalue weighted by Gasteiger charge is 2.08. The van der Waals surface area contributed by atoms with Crippen molar-refractivity contribution in [1.29, 1.82) is 0 Å². The van der Waals surface area contributed by atoms with Gasteiger partial charge in [0, 0.05) is 5.56 Å². The smallest absolute Gasteiger partial charge is 0.127 e. The molecule has 1 aromatic carbocycles. The molecule has 1 N–H and O–H groups in total. The molecule has 0 fully saturated rings. The van der Waals surface area contributed by atoms with E-state index in [9.17, 15) is 5.11 Å². The second kappa shape index (κ2) is 5.17. The highest BCUT2D eigenvalue weighted by atomic mass is 16.5. The van der Waals surface area contributed by atoms with E-state index in [1.165, 1.54) is 0 Å². The monoisotopic (exact) mass is 208 g/mol. The number of ether oxygens (including phenoxy) is 1. The summed E-state index contributed by atoms with van der Waals surface area (Å²) in [5.41, 5.74) is 3.14. The second-order valence-electron chi connectivity index (χ2n) is 4.43. The Kier molecular flexibility index (Phi) is 4.15. The zero-order valence-corrected chi connectivity index (χ0v) is 10.0. The molecule has 2 heteroatoms. The first-order chi connectivity index (χ1) is 7.04. The largest absolute Gasteiger partial charge is 0.493 e. The van der Waals surface area contributed by atoms with Crippen molar-refractivity contribution in [2.24, 2.45) is 5.92 Å². The van der Waals surface area contributed by atoms with Crippen molar-refractivity contribution < 1.29 is 9.84 Å². The van der Waals surface area contributed by atoms with Gasteiger partial charge >= 0.3 is 0 Å². The fourth-order valence-electron chi connectivity index (χ4n) is 1.62. The van der Waals surface area contributed by atoms with Crippen LogP contribution in [0.25, 0.3) is 0 Å². The Labute approximate surface area is 91.9 Å². The second-order valence-corrected chi connectivity index (χ2v) is 4.43. The topological polar surface area (TPSA) is 29.5 Å². The van der Waals surface area contributed by atoms with Crippen molar-refractivity contribution in [2.45, 2.75) is 34.3 Å². The van der Waals surface area contributed by atoms with Crippen LogP contribution in [-0.4, -0.2) is 11.7 Å². The quantitative estimate of drug-likeness (QED) is 0.824. The molecule has 0 atom stereocenters. The van der Waals surface area contributed by atoms with E-state index in [1.807, 2.05) is 19.9 Å². The molecule has 84 valence electrons. The van der Waals surface area contributed by atoms with Crippen LogP contribution in [0.2, 0.25) is 0 Å². The first-order valence-electron chi connectivity index (χ1n) is 5.38. The molecule has 0 unspecified atom stereocenters. The molecule has 0 aliphatic rings. The summed E-state index contributed by atoms with van der Waals surface area (Å²) in [6.07, 6.45) is 0. The van der Waals surface area contributed by atoms with Crippen LogP contribution in [0, 0.1) is 19.8 Å². The van der Waals surface area contributed by atoms with Gasteiger partial charge in [-0.05, 0) is 25.3 Å². The van der Waals surface area contributed by atoms with Crippen LogP contribution in [0.4, 0.5) is 0 Å². The van der Waals surface area contributed by atoms with E-state index in [0.717, 1.165) is 22.4 Å². The van der Waals surface area contributed by atoms with E-state index in [2.05, 4.69) is 19.9 Å². The van der Waals surface area contributed by atoms with E-state index in [1.54, 1.807) is 0 Å². The van der Waals surface area contributed by atoms with Crippen LogP contribution in [0.1, 0.15) is 30.5 Å². The maximum absolute atomic E-state index is 9.25. The summed E-state index contributed by atoms with van der Waals surface area (Å²) in [4.78, 5) is 0. The number of aryl methyl sites for hydroxylation is 2. The summed E-state index contributed by atoms with van der Waals surface area (Å²) in [5, 5.41) is 9.25. The Balaban J connectivity index is 2.93.